The fourth-order valence-corrected chi connectivity index (χ4v) is 2.27. The molecule has 1 N–H and O–H groups in total. The maximum absolute atomic E-state index is 12.0. The molecule has 0 saturated heterocycles. The molecule has 1 aromatic carbocycles. The van der Waals surface area contributed by atoms with Gasteiger partial charge in [0.1, 0.15) is 0 Å². The van der Waals surface area contributed by atoms with Crippen molar-refractivity contribution in [2.75, 3.05) is 19.0 Å². The molecule has 0 atom stereocenters. The first kappa shape index (κ1) is 12.6. The molecule has 94 valence electrons. The molecule has 0 bridgehead atoms. The maximum atomic E-state index is 12.0. The molecular formula is C14H16N2OS. The van der Waals surface area contributed by atoms with Crippen molar-refractivity contribution in [3.05, 3.63) is 52.2 Å². The molecule has 0 aliphatic carbocycles. The van der Waals surface area contributed by atoms with Crippen molar-refractivity contribution in [2.45, 2.75) is 6.54 Å². The summed E-state index contributed by atoms with van der Waals surface area (Å²) < 4.78 is 0. The summed E-state index contributed by atoms with van der Waals surface area (Å²) in [4.78, 5) is 14.0. The zero-order valence-corrected chi connectivity index (χ0v) is 11.3. The van der Waals surface area contributed by atoms with Crippen LogP contribution in [0.4, 0.5) is 5.69 Å². The van der Waals surface area contributed by atoms with Gasteiger partial charge in [0, 0.05) is 31.9 Å². The molecule has 1 heterocycles. The van der Waals surface area contributed by atoms with Gasteiger partial charge in [0.05, 0.1) is 0 Å². The van der Waals surface area contributed by atoms with Gasteiger partial charge in [-0.3, -0.25) is 4.79 Å². The summed E-state index contributed by atoms with van der Waals surface area (Å²) >= 11 is 1.64. The monoisotopic (exact) mass is 260 g/mol. The lowest BCUT2D eigenvalue weighted by molar-refractivity contribution is 0.0951. The van der Waals surface area contributed by atoms with E-state index in [0.717, 1.165) is 11.3 Å². The first-order chi connectivity index (χ1) is 8.66. The number of nitrogens with one attached hydrogen (secondary N) is 1. The van der Waals surface area contributed by atoms with Gasteiger partial charge in [-0.2, -0.15) is 11.3 Å². The summed E-state index contributed by atoms with van der Waals surface area (Å²) in [7, 11) is 3.92. The minimum atomic E-state index is -0.0371. The Kier molecular flexibility index (Phi) is 3.99. The first-order valence-electron chi connectivity index (χ1n) is 5.73. The molecule has 2 rings (SSSR count). The number of thiophene rings is 1. The number of hydrogen-bond donors (Lipinski definition) is 1. The summed E-state index contributed by atoms with van der Waals surface area (Å²) in [5.41, 5.74) is 2.85. The van der Waals surface area contributed by atoms with Crippen LogP contribution in [0.25, 0.3) is 0 Å². The Morgan fingerprint density at radius 2 is 2.17 bits per heavy atom. The van der Waals surface area contributed by atoms with E-state index >= 15 is 0 Å². The van der Waals surface area contributed by atoms with Gasteiger partial charge in [0.25, 0.3) is 5.91 Å². The third-order valence-electron chi connectivity index (χ3n) is 2.66. The fourth-order valence-electron chi connectivity index (χ4n) is 1.60. The Morgan fingerprint density at radius 1 is 1.33 bits per heavy atom. The Labute approximate surface area is 111 Å². The fraction of sp³-hybridized carbons (Fsp3) is 0.214. The second-order valence-electron chi connectivity index (χ2n) is 4.26. The highest BCUT2D eigenvalue weighted by Gasteiger charge is 2.06. The number of hydrogen-bond acceptors (Lipinski definition) is 3. The normalized spacial score (nSPS) is 10.1. The van der Waals surface area contributed by atoms with E-state index in [0.29, 0.717) is 12.1 Å². The molecule has 4 heteroatoms. The van der Waals surface area contributed by atoms with E-state index in [9.17, 15) is 4.79 Å². The lowest BCUT2D eigenvalue weighted by Crippen LogP contribution is -2.22. The van der Waals surface area contributed by atoms with E-state index in [-0.39, 0.29) is 5.91 Å². The minimum absolute atomic E-state index is 0.0371. The molecule has 0 unspecified atom stereocenters. The van der Waals surface area contributed by atoms with Crippen molar-refractivity contribution < 1.29 is 4.79 Å². The highest BCUT2D eigenvalue weighted by atomic mass is 32.1. The lowest BCUT2D eigenvalue weighted by atomic mass is 10.2. The van der Waals surface area contributed by atoms with E-state index in [1.165, 1.54) is 0 Å². The number of benzene rings is 1. The Hall–Kier alpha value is -1.81. The van der Waals surface area contributed by atoms with Crippen molar-refractivity contribution >= 4 is 22.9 Å². The summed E-state index contributed by atoms with van der Waals surface area (Å²) in [6.07, 6.45) is 0. The van der Waals surface area contributed by atoms with Crippen molar-refractivity contribution in [3.8, 4) is 0 Å². The van der Waals surface area contributed by atoms with Crippen LogP contribution in [-0.2, 0) is 6.54 Å². The van der Waals surface area contributed by atoms with E-state index in [1.807, 2.05) is 60.1 Å². The highest BCUT2D eigenvalue weighted by molar-refractivity contribution is 7.07. The zero-order chi connectivity index (χ0) is 13.0. The van der Waals surface area contributed by atoms with Crippen LogP contribution in [0, 0.1) is 0 Å². The molecule has 1 amide bonds. The van der Waals surface area contributed by atoms with Crippen LogP contribution in [0.15, 0.2) is 41.1 Å². The molecule has 0 aliphatic heterocycles. The smallest absolute Gasteiger partial charge is 0.251 e. The van der Waals surface area contributed by atoms with E-state index < -0.39 is 0 Å². The van der Waals surface area contributed by atoms with Crippen molar-refractivity contribution in [1.82, 2.24) is 5.32 Å². The van der Waals surface area contributed by atoms with Gasteiger partial charge in [0.2, 0.25) is 0 Å². The highest BCUT2D eigenvalue weighted by Crippen LogP contribution is 2.13. The van der Waals surface area contributed by atoms with Crippen LogP contribution in [-0.4, -0.2) is 20.0 Å². The predicted molar refractivity (Wildman–Crippen MR) is 76.3 cm³/mol. The van der Waals surface area contributed by atoms with Crippen LogP contribution < -0.4 is 10.2 Å². The SMILES string of the molecule is CN(C)c1cccc(C(=O)NCc2ccsc2)c1. The van der Waals surface area contributed by atoms with Gasteiger partial charge in [-0.25, -0.2) is 0 Å². The average molecular weight is 260 g/mol. The van der Waals surface area contributed by atoms with Crippen LogP contribution in [0.3, 0.4) is 0 Å². The molecule has 0 fully saturated rings. The number of carbonyl (C=O) groups excluding carboxylic acids is 1. The Bertz CT molecular complexity index is 520. The number of rotatable bonds is 4. The molecular weight excluding hydrogens is 244 g/mol. The summed E-state index contributed by atoms with van der Waals surface area (Å²) in [6, 6.07) is 9.62. The van der Waals surface area contributed by atoms with E-state index in [2.05, 4.69) is 5.32 Å². The van der Waals surface area contributed by atoms with Crippen LogP contribution in [0.5, 0.6) is 0 Å². The van der Waals surface area contributed by atoms with Crippen LogP contribution in [0.1, 0.15) is 15.9 Å². The quantitative estimate of drug-likeness (QED) is 0.916. The molecule has 18 heavy (non-hydrogen) atoms. The minimum Gasteiger partial charge on any atom is -0.378 e. The van der Waals surface area contributed by atoms with Crippen LogP contribution >= 0.6 is 11.3 Å². The Morgan fingerprint density at radius 3 is 2.83 bits per heavy atom. The van der Waals surface area contributed by atoms with E-state index in [4.69, 9.17) is 0 Å². The molecule has 2 aromatic rings. The van der Waals surface area contributed by atoms with E-state index in [1.54, 1.807) is 11.3 Å². The Balaban J connectivity index is 2.02. The summed E-state index contributed by atoms with van der Waals surface area (Å²) in [6.45, 7) is 0.578. The maximum Gasteiger partial charge on any atom is 0.251 e. The van der Waals surface area contributed by atoms with Crippen molar-refractivity contribution in [2.24, 2.45) is 0 Å². The summed E-state index contributed by atoms with van der Waals surface area (Å²) in [5.74, 6) is -0.0371. The van der Waals surface area contributed by atoms with Crippen molar-refractivity contribution in [3.63, 3.8) is 0 Å². The average Bonchev–Trinajstić information content (AvgIpc) is 2.89. The third kappa shape index (κ3) is 3.11. The van der Waals surface area contributed by atoms with Gasteiger partial charge in [0.15, 0.2) is 0 Å². The van der Waals surface area contributed by atoms with Gasteiger partial charge in [-0.1, -0.05) is 6.07 Å². The second kappa shape index (κ2) is 5.69. The zero-order valence-electron chi connectivity index (χ0n) is 10.5. The van der Waals surface area contributed by atoms with Gasteiger partial charge in [-0.15, -0.1) is 0 Å². The van der Waals surface area contributed by atoms with Crippen LogP contribution in [0.2, 0.25) is 0 Å². The molecule has 0 aliphatic rings. The lowest BCUT2D eigenvalue weighted by Gasteiger charge is -2.13. The first-order valence-corrected chi connectivity index (χ1v) is 6.68. The molecule has 3 nitrogen and oxygen atoms in total. The van der Waals surface area contributed by atoms with Gasteiger partial charge >= 0.3 is 0 Å². The number of nitrogens with zero attached hydrogens (tertiary/aromatic N) is 1. The van der Waals surface area contributed by atoms with Gasteiger partial charge < -0.3 is 10.2 Å². The molecule has 1 aromatic heterocycles. The molecule has 0 spiro atoms. The topological polar surface area (TPSA) is 32.3 Å². The summed E-state index contributed by atoms with van der Waals surface area (Å²) in [5, 5.41) is 6.96. The van der Waals surface area contributed by atoms with Crippen molar-refractivity contribution in [1.29, 1.82) is 0 Å². The predicted octanol–water partition coefficient (Wildman–Crippen LogP) is 2.74. The second-order valence-corrected chi connectivity index (χ2v) is 5.04. The molecule has 0 saturated carbocycles. The number of anilines is 1. The standard InChI is InChI=1S/C14H16N2OS/c1-16(2)13-5-3-4-12(8-13)14(17)15-9-11-6-7-18-10-11/h3-8,10H,9H2,1-2H3,(H,15,17). The molecule has 0 radical (unpaired) electrons. The van der Waals surface area contributed by atoms with Gasteiger partial charge in [-0.05, 0) is 40.6 Å². The number of amides is 1. The largest absolute Gasteiger partial charge is 0.378 e. The number of carbonyl (C=O) groups is 1. The third-order valence-corrected chi connectivity index (χ3v) is 3.39.